The van der Waals surface area contributed by atoms with Gasteiger partial charge in [0.05, 0.1) is 13.1 Å². The Morgan fingerprint density at radius 3 is 2.44 bits per heavy atom. The second kappa shape index (κ2) is 5.73. The maximum atomic E-state index is 12.9. The number of hydrogen-bond donors (Lipinski definition) is 1. The Morgan fingerprint density at radius 2 is 1.83 bits per heavy atom. The van der Waals surface area contributed by atoms with Gasteiger partial charge in [0.1, 0.15) is 17.5 Å². The molecule has 0 saturated carbocycles. The molecule has 4 nitrogen and oxygen atoms in total. The highest BCUT2D eigenvalue weighted by molar-refractivity contribution is 5.17. The van der Waals surface area contributed by atoms with Crippen LogP contribution >= 0.6 is 0 Å². The standard InChI is InChI=1S/C13H17FN4/c1-2-3-12-16-17-13(8-15)18(12)9-10-4-6-11(14)7-5-10/h4-7H,2-3,8-9,15H2,1H3. The monoisotopic (exact) mass is 248 g/mol. The van der Waals surface area contributed by atoms with Gasteiger partial charge in [-0.05, 0) is 24.1 Å². The van der Waals surface area contributed by atoms with E-state index in [4.69, 9.17) is 5.73 Å². The highest BCUT2D eigenvalue weighted by Gasteiger charge is 2.10. The lowest BCUT2D eigenvalue weighted by atomic mass is 10.2. The molecule has 5 heteroatoms. The summed E-state index contributed by atoms with van der Waals surface area (Å²) in [5.74, 6) is 1.47. The Labute approximate surface area is 106 Å². The highest BCUT2D eigenvalue weighted by atomic mass is 19.1. The van der Waals surface area contributed by atoms with Crippen molar-refractivity contribution < 1.29 is 4.39 Å². The Bertz CT molecular complexity index is 504. The van der Waals surface area contributed by atoms with Crippen LogP contribution in [-0.4, -0.2) is 14.8 Å². The van der Waals surface area contributed by atoms with Gasteiger partial charge in [-0.25, -0.2) is 4.39 Å². The number of halogens is 1. The lowest BCUT2D eigenvalue weighted by molar-refractivity contribution is 0.624. The summed E-state index contributed by atoms with van der Waals surface area (Å²) in [5.41, 5.74) is 6.67. The lowest BCUT2D eigenvalue weighted by Crippen LogP contribution is -2.12. The van der Waals surface area contributed by atoms with Crippen molar-refractivity contribution in [2.24, 2.45) is 5.73 Å². The van der Waals surface area contributed by atoms with Crippen molar-refractivity contribution in [1.82, 2.24) is 14.8 Å². The lowest BCUT2D eigenvalue weighted by Gasteiger charge is -2.09. The Hall–Kier alpha value is -1.75. The van der Waals surface area contributed by atoms with E-state index in [1.807, 2.05) is 4.57 Å². The Kier molecular flexibility index (Phi) is 4.04. The molecule has 0 unspecified atom stereocenters. The fourth-order valence-electron chi connectivity index (χ4n) is 1.89. The Balaban J connectivity index is 2.26. The second-order valence-electron chi connectivity index (χ2n) is 4.20. The van der Waals surface area contributed by atoms with E-state index in [0.29, 0.717) is 13.1 Å². The maximum absolute atomic E-state index is 12.9. The molecule has 0 saturated heterocycles. The predicted octanol–water partition coefficient (Wildman–Crippen LogP) is 1.88. The topological polar surface area (TPSA) is 56.7 Å². The number of aryl methyl sites for hydroxylation is 1. The largest absolute Gasteiger partial charge is 0.324 e. The molecule has 2 N–H and O–H groups in total. The highest BCUT2D eigenvalue weighted by Crippen LogP contribution is 2.10. The molecule has 18 heavy (non-hydrogen) atoms. The van der Waals surface area contributed by atoms with Crippen molar-refractivity contribution >= 4 is 0 Å². The quantitative estimate of drug-likeness (QED) is 0.879. The molecule has 96 valence electrons. The van der Waals surface area contributed by atoms with E-state index in [-0.39, 0.29) is 5.82 Å². The van der Waals surface area contributed by atoms with Gasteiger partial charge in [0.15, 0.2) is 0 Å². The zero-order chi connectivity index (χ0) is 13.0. The van der Waals surface area contributed by atoms with Gasteiger partial charge in [0.2, 0.25) is 0 Å². The maximum Gasteiger partial charge on any atom is 0.147 e. The van der Waals surface area contributed by atoms with E-state index in [1.165, 1.54) is 12.1 Å². The van der Waals surface area contributed by atoms with Gasteiger partial charge in [-0.3, -0.25) is 0 Å². The van der Waals surface area contributed by atoms with Gasteiger partial charge in [0.25, 0.3) is 0 Å². The average molecular weight is 248 g/mol. The minimum Gasteiger partial charge on any atom is -0.324 e. The molecular weight excluding hydrogens is 231 g/mol. The first kappa shape index (κ1) is 12.7. The van der Waals surface area contributed by atoms with Crippen LogP contribution < -0.4 is 5.73 Å². The summed E-state index contributed by atoms with van der Waals surface area (Å²) in [4.78, 5) is 0. The van der Waals surface area contributed by atoms with Gasteiger partial charge in [-0.15, -0.1) is 10.2 Å². The van der Waals surface area contributed by atoms with E-state index in [1.54, 1.807) is 12.1 Å². The van der Waals surface area contributed by atoms with Crippen LogP contribution in [0.5, 0.6) is 0 Å². The Morgan fingerprint density at radius 1 is 1.17 bits per heavy atom. The van der Waals surface area contributed by atoms with Gasteiger partial charge in [0, 0.05) is 6.42 Å². The van der Waals surface area contributed by atoms with Crippen molar-refractivity contribution in [3.05, 3.63) is 47.3 Å². The molecular formula is C13H17FN4. The smallest absolute Gasteiger partial charge is 0.147 e. The molecule has 0 radical (unpaired) electrons. The molecule has 1 heterocycles. The van der Waals surface area contributed by atoms with Gasteiger partial charge < -0.3 is 10.3 Å². The van der Waals surface area contributed by atoms with Crippen molar-refractivity contribution in [2.45, 2.75) is 32.9 Å². The zero-order valence-corrected chi connectivity index (χ0v) is 10.4. The summed E-state index contributed by atoms with van der Waals surface area (Å²) in [6, 6.07) is 6.46. The van der Waals surface area contributed by atoms with Crippen LogP contribution in [0, 0.1) is 5.82 Å². The van der Waals surface area contributed by atoms with Crippen LogP contribution in [0.25, 0.3) is 0 Å². The first-order valence-electron chi connectivity index (χ1n) is 6.10. The number of benzene rings is 1. The fraction of sp³-hybridized carbons (Fsp3) is 0.385. The van der Waals surface area contributed by atoms with Gasteiger partial charge in [-0.2, -0.15) is 0 Å². The first-order valence-corrected chi connectivity index (χ1v) is 6.10. The summed E-state index contributed by atoms with van der Waals surface area (Å²) < 4.78 is 14.9. The van der Waals surface area contributed by atoms with Crippen LogP contribution in [0.3, 0.4) is 0 Å². The van der Waals surface area contributed by atoms with Crippen LogP contribution in [0.1, 0.15) is 30.6 Å². The van der Waals surface area contributed by atoms with Crippen molar-refractivity contribution in [3.8, 4) is 0 Å². The summed E-state index contributed by atoms with van der Waals surface area (Å²) in [5, 5.41) is 8.23. The van der Waals surface area contributed by atoms with E-state index in [0.717, 1.165) is 30.1 Å². The summed E-state index contributed by atoms with van der Waals surface area (Å²) >= 11 is 0. The molecule has 2 rings (SSSR count). The van der Waals surface area contributed by atoms with Crippen LogP contribution in [0.15, 0.2) is 24.3 Å². The van der Waals surface area contributed by atoms with Crippen molar-refractivity contribution in [2.75, 3.05) is 0 Å². The fourth-order valence-corrected chi connectivity index (χ4v) is 1.89. The van der Waals surface area contributed by atoms with E-state index in [2.05, 4.69) is 17.1 Å². The van der Waals surface area contributed by atoms with Gasteiger partial charge >= 0.3 is 0 Å². The molecule has 2 aromatic rings. The molecule has 0 aliphatic carbocycles. The van der Waals surface area contributed by atoms with Crippen molar-refractivity contribution in [3.63, 3.8) is 0 Å². The predicted molar refractivity (Wildman–Crippen MR) is 67.4 cm³/mol. The molecule has 0 bridgehead atoms. The third-order valence-corrected chi connectivity index (χ3v) is 2.81. The third kappa shape index (κ3) is 2.73. The molecule has 1 aromatic heterocycles. The number of hydrogen-bond acceptors (Lipinski definition) is 3. The molecule has 0 atom stereocenters. The SMILES string of the molecule is CCCc1nnc(CN)n1Cc1ccc(F)cc1. The van der Waals surface area contributed by atoms with Crippen LogP contribution in [-0.2, 0) is 19.5 Å². The summed E-state index contributed by atoms with van der Waals surface area (Å²) in [6.45, 7) is 3.09. The molecule has 0 fully saturated rings. The van der Waals surface area contributed by atoms with E-state index >= 15 is 0 Å². The average Bonchev–Trinajstić information content (AvgIpc) is 2.75. The van der Waals surface area contributed by atoms with E-state index < -0.39 is 0 Å². The third-order valence-electron chi connectivity index (χ3n) is 2.81. The second-order valence-corrected chi connectivity index (χ2v) is 4.20. The molecule has 0 aliphatic rings. The molecule has 1 aromatic carbocycles. The summed E-state index contributed by atoms with van der Waals surface area (Å²) in [7, 11) is 0. The molecule has 0 spiro atoms. The van der Waals surface area contributed by atoms with Gasteiger partial charge in [-0.1, -0.05) is 19.1 Å². The minimum atomic E-state index is -0.227. The number of rotatable bonds is 5. The summed E-state index contributed by atoms with van der Waals surface area (Å²) in [6.07, 6.45) is 1.88. The minimum absolute atomic E-state index is 0.227. The first-order chi connectivity index (χ1) is 8.74. The normalized spacial score (nSPS) is 10.8. The molecule has 0 aliphatic heterocycles. The molecule has 0 amide bonds. The van der Waals surface area contributed by atoms with Crippen LogP contribution in [0.4, 0.5) is 4.39 Å². The van der Waals surface area contributed by atoms with E-state index in [9.17, 15) is 4.39 Å². The number of nitrogens with two attached hydrogens (primary N) is 1. The number of nitrogens with zero attached hydrogens (tertiary/aromatic N) is 3. The number of aromatic nitrogens is 3. The zero-order valence-electron chi connectivity index (χ0n) is 10.4. The van der Waals surface area contributed by atoms with Crippen molar-refractivity contribution in [1.29, 1.82) is 0 Å². The van der Waals surface area contributed by atoms with Crippen LogP contribution in [0.2, 0.25) is 0 Å².